The third kappa shape index (κ3) is 3.80. The summed E-state index contributed by atoms with van der Waals surface area (Å²) in [7, 11) is 2.04. The minimum atomic E-state index is 0.378. The molecule has 4 heteroatoms. The molecule has 0 aliphatic heterocycles. The molecule has 1 N–H and O–H groups in total. The number of unbranched alkanes of at least 4 members (excludes halogenated alkanes) is 1. The van der Waals surface area contributed by atoms with E-state index in [1.54, 1.807) is 0 Å². The van der Waals surface area contributed by atoms with Crippen molar-refractivity contribution in [3.8, 4) is 0 Å². The van der Waals surface area contributed by atoms with E-state index in [-0.39, 0.29) is 0 Å². The highest BCUT2D eigenvalue weighted by Crippen LogP contribution is 2.28. The molecule has 0 fully saturated rings. The fourth-order valence-corrected chi connectivity index (χ4v) is 2.59. The molecule has 0 saturated carbocycles. The second kappa shape index (κ2) is 8.25. The van der Waals surface area contributed by atoms with Crippen LogP contribution in [0.15, 0.2) is 6.20 Å². The fraction of sp³-hybridized carbons (Fsp3) is 0.857. The van der Waals surface area contributed by atoms with Crippen molar-refractivity contribution in [2.75, 3.05) is 7.05 Å². The summed E-state index contributed by atoms with van der Waals surface area (Å²) in [6, 6.07) is 0.378. The molecule has 0 amide bonds. The quantitative estimate of drug-likeness (QED) is 0.734. The van der Waals surface area contributed by atoms with E-state index in [2.05, 4.69) is 41.1 Å². The van der Waals surface area contributed by atoms with Gasteiger partial charge in [-0.05, 0) is 25.8 Å². The highest BCUT2D eigenvalue weighted by Gasteiger charge is 2.23. The summed E-state index contributed by atoms with van der Waals surface area (Å²) >= 11 is 0. The molecule has 1 aromatic heterocycles. The van der Waals surface area contributed by atoms with Crippen LogP contribution in [-0.2, 0) is 6.54 Å². The van der Waals surface area contributed by atoms with Crippen LogP contribution in [0.1, 0.15) is 64.6 Å². The van der Waals surface area contributed by atoms with Gasteiger partial charge in [0.05, 0.1) is 17.9 Å². The number of aromatic nitrogens is 3. The van der Waals surface area contributed by atoms with E-state index in [4.69, 9.17) is 0 Å². The normalized spacial score (nSPS) is 14.7. The van der Waals surface area contributed by atoms with Crippen molar-refractivity contribution >= 4 is 0 Å². The Bertz CT molecular complexity index is 321. The molecule has 1 aromatic rings. The summed E-state index contributed by atoms with van der Waals surface area (Å²) in [5, 5.41) is 11.7. The number of aryl methyl sites for hydroxylation is 1. The third-order valence-electron chi connectivity index (χ3n) is 3.64. The van der Waals surface area contributed by atoms with Gasteiger partial charge in [-0.3, -0.25) is 0 Å². The molecule has 0 spiro atoms. The van der Waals surface area contributed by atoms with Gasteiger partial charge in [-0.2, -0.15) is 0 Å². The molecule has 18 heavy (non-hydrogen) atoms. The summed E-state index contributed by atoms with van der Waals surface area (Å²) in [5.74, 6) is 0.670. The van der Waals surface area contributed by atoms with Crippen molar-refractivity contribution in [1.29, 1.82) is 0 Å². The molecule has 0 aromatic carbocycles. The van der Waals surface area contributed by atoms with Gasteiger partial charge in [0.15, 0.2) is 0 Å². The molecular weight excluding hydrogens is 224 g/mol. The Morgan fingerprint density at radius 1 is 1.28 bits per heavy atom. The van der Waals surface area contributed by atoms with E-state index >= 15 is 0 Å². The zero-order valence-corrected chi connectivity index (χ0v) is 12.3. The average Bonchev–Trinajstić information content (AvgIpc) is 2.83. The van der Waals surface area contributed by atoms with Crippen molar-refractivity contribution in [2.45, 2.75) is 65.5 Å². The highest BCUT2D eigenvalue weighted by molar-refractivity contribution is 5.04. The van der Waals surface area contributed by atoms with Gasteiger partial charge >= 0.3 is 0 Å². The summed E-state index contributed by atoms with van der Waals surface area (Å²) in [4.78, 5) is 0. The van der Waals surface area contributed by atoms with Crippen LogP contribution in [0.25, 0.3) is 0 Å². The van der Waals surface area contributed by atoms with Gasteiger partial charge in [0.2, 0.25) is 0 Å². The maximum Gasteiger partial charge on any atom is 0.0759 e. The van der Waals surface area contributed by atoms with Crippen LogP contribution in [-0.4, -0.2) is 22.0 Å². The molecule has 0 aliphatic carbocycles. The van der Waals surface area contributed by atoms with Crippen LogP contribution in [0.3, 0.4) is 0 Å². The van der Waals surface area contributed by atoms with Gasteiger partial charge in [-0.25, -0.2) is 4.68 Å². The first-order valence-electron chi connectivity index (χ1n) is 7.34. The Labute approximate surface area is 111 Å². The topological polar surface area (TPSA) is 42.7 Å². The molecule has 1 rings (SSSR count). The van der Waals surface area contributed by atoms with Gasteiger partial charge in [-0.15, -0.1) is 5.10 Å². The monoisotopic (exact) mass is 252 g/mol. The minimum Gasteiger partial charge on any atom is -0.311 e. The number of rotatable bonds is 9. The van der Waals surface area contributed by atoms with Crippen molar-refractivity contribution in [3.05, 3.63) is 11.9 Å². The molecule has 4 nitrogen and oxygen atoms in total. The predicted octanol–water partition coefficient (Wildman–Crippen LogP) is 3.17. The molecule has 2 atom stereocenters. The lowest BCUT2D eigenvalue weighted by Gasteiger charge is -2.26. The molecule has 0 aliphatic rings. The van der Waals surface area contributed by atoms with Gasteiger partial charge in [-0.1, -0.05) is 45.2 Å². The van der Waals surface area contributed by atoms with Crippen LogP contribution in [0.2, 0.25) is 0 Å². The Balaban J connectivity index is 2.81. The number of nitrogens with zero attached hydrogens (tertiary/aromatic N) is 3. The van der Waals surface area contributed by atoms with Crippen molar-refractivity contribution in [2.24, 2.45) is 5.92 Å². The van der Waals surface area contributed by atoms with E-state index < -0.39 is 0 Å². The molecular formula is C14H28N4. The number of hydrogen-bond acceptors (Lipinski definition) is 3. The van der Waals surface area contributed by atoms with E-state index in [9.17, 15) is 0 Å². The third-order valence-corrected chi connectivity index (χ3v) is 3.64. The van der Waals surface area contributed by atoms with Crippen LogP contribution >= 0.6 is 0 Å². The second-order valence-corrected chi connectivity index (χ2v) is 4.96. The Hall–Kier alpha value is -0.900. The minimum absolute atomic E-state index is 0.378. The molecule has 104 valence electrons. The van der Waals surface area contributed by atoms with Crippen LogP contribution in [0.5, 0.6) is 0 Å². The maximum atomic E-state index is 4.20. The summed E-state index contributed by atoms with van der Waals surface area (Å²) in [5.41, 5.74) is 1.24. The molecule has 0 bridgehead atoms. The van der Waals surface area contributed by atoms with E-state index in [1.165, 1.54) is 31.4 Å². The van der Waals surface area contributed by atoms with Crippen molar-refractivity contribution in [1.82, 2.24) is 20.3 Å². The van der Waals surface area contributed by atoms with E-state index in [0.29, 0.717) is 12.0 Å². The Kier molecular flexibility index (Phi) is 6.94. The fourth-order valence-electron chi connectivity index (χ4n) is 2.59. The standard InChI is InChI=1S/C14H28N4/c1-5-8-9-12(7-3)14(15-4)13-11-16-17-18(13)10-6-2/h11-12,14-15H,5-10H2,1-4H3. The van der Waals surface area contributed by atoms with Crippen LogP contribution in [0, 0.1) is 5.92 Å². The first kappa shape index (κ1) is 15.2. The van der Waals surface area contributed by atoms with Crippen LogP contribution < -0.4 is 5.32 Å². The summed E-state index contributed by atoms with van der Waals surface area (Å²) in [6.45, 7) is 7.66. The van der Waals surface area contributed by atoms with Crippen molar-refractivity contribution < 1.29 is 0 Å². The molecule has 0 radical (unpaired) electrons. The molecule has 0 saturated heterocycles. The first-order valence-corrected chi connectivity index (χ1v) is 7.34. The Morgan fingerprint density at radius 3 is 2.61 bits per heavy atom. The first-order chi connectivity index (χ1) is 8.78. The number of nitrogens with one attached hydrogen (secondary N) is 1. The largest absolute Gasteiger partial charge is 0.311 e. The molecule has 2 unspecified atom stereocenters. The smallest absolute Gasteiger partial charge is 0.0759 e. The maximum absolute atomic E-state index is 4.20. The lowest BCUT2D eigenvalue weighted by molar-refractivity contribution is 0.320. The lowest BCUT2D eigenvalue weighted by atomic mass is 9.89. The highest BCUT2D eigenvalue weighted by atomic mass is 15.4. The van der Waals surface area contributed by atoms with E-state index in [0.717, 1.165) is 13.0 Å². The summed E-state index contributed by atoms with van der Waals surface area (Å²) < 4.78 is 2.05. The second-order valence-electron chi connectivity index (χ2n) is 4.96. The van der Waals surface area contributed by atoms with Gasteiger partial charge in [0.25, 0.3) is 0 Å². The van der Waals surface area contributed by atoms with Crippen molar-refractivity contribution in [3.63, 3.8) is 0 Å². The Morgan fingerprint density at radius 2 is 2.06 bits per heavy atom. The SMILES string of the molecule is CCCCC(CC)C(NC)c1cnnn1CCC. The van der Waals surface area contributed by atoms with E-state index in [1.807, 2.05) is 13.2 Å². The number of hydrogen-bond donors (Lipinski definition) is 1. The average molecular weight is 252 g/mol. The lowest BCUT2D eigenvalue weighted by Crippen LogP contribution is -2.27. The molecule has 1 heterocycles. The predicted molar refractivity (Wildman–Crippen MR) is 75.4 cm³/mol. The summed E-state index contributed by atoms with van der Waals surface area (Å²) in [6.07, 6.45) is 8.05. The van der Waals surface area contributed by atoms with Gasteiger partial charge in [0.1, 0.15) is 0 Å². The zero-order chi connectivity index (χ0) is 13.4. The van der Waals surface area contributed by atoms with Gasteiger partial charge < -0.3 is 5.32 Å². The zero-order valence-electron chi connectivity index (χ0n) is 12.3. The van der Waals surface area contributed by atoms with Crippen LogP contribution in [0.4, 0.5) is 0 Å². The van der Waals surface area contributed by atoms with Gasteiger partial charge in [0, 0.05) is 6.54 Å².